The molecule has 4 nitrogen and oxygen atoms in total. The molecule has 90 valence electrons. The van der Waals surface area contributed by atoms with Crippen molar-refractivity contribution in [3.8, 4) is 0 Å². The third-order valence-corrected chi connectivity index (χ3v) is 3.12. The Morgan fingerprint density at radius 3 is 2.82 bits per heavy atom. The number of imidazole rings is 1. The van der Waals surface area contributed by atoms with Crippen molar-refractivity contribution in [1.82, 2.24) is 9.38 Å². The lowest BCUT2D eigenvalue weighted by atomic mass is 10.2. The maximum atomic E-state index is 11.7. The van der Waals surface area contributed by atoms with Crippen molar-refractivity contribution < 1.29 is 9.53 Å². The van der Waals surface area contributed by atoms with Crippen LogP contribution in [0.2, 0.25) is 0 Å². The second-order valence-corrected chi connectivity index (χ2v) is 4.80. The maximum absolute atomic E-state index is 11.7. The fourth-order valence-electron chi connectivity index (χ4n) is 1.80. The first-order chi connectivity index (χ1) is 8.06. The van der Waals surface area contributed by atoms with Crippen molar-refractivity contribution in [3.63, 3.8) is 0 Å². The zero-order chi connectivity index (χ0) is 12.6. The number of halogens is 1. The number of hydrogen-bond acceptors (Lipinski definition) is 3. The van der Waals surface area contributed by atoms with Crippen LogP contribution in [-0.4, -0.2) is 22.5 Å². The van der Waals surface area contributed by atoms with E-state index in [9.17, 15) is 4.79 Å². The number of aromatic nitrogens is 2. The molecule has 0 radical (unpaired) electrons. The lowest BCUT2D eigenvalue weighted by Gasteiger charge is -2.06. The minimum atomic E-state index is -0.355. The molecule has 0 fully saturated rings. The van der Waals surface area contributed by atoms with Gasteiger partial charge in [0.2, 0.25) is 0 Å². The summed E-state index contributed by atoms with van der Waals surface area (Å²) < 4.78 is 7.35. The van der Waals surface area contributed by atoms with Gasteiger partial charge in [-0.05, 0) is 28.1 Å². The molecule has 2 aromatic heterocycles. The lowest BCUT2D eigenvalue weighted by molar-refractivity contribution is 0.0602. The van der Waals surface area contributed by atoms with Gasteiger partial charge in [0.1, 0.15) is 10.4 Å². The molecule has 0 aliphatic heterocycles. The van der Waals surface area contributed by atoms with E-state index in [2.05, 4.69) is 34.8 Å². The second kappa shape index (κ2) is 4.49. The molecule has 2 rings (SSSR count). The maximum Gasteiger partial charge on any atom is 0.340 e. The largest absolute Gasteiger partial charge is 0.465 e. The number of nitrogens with zero attached hydrogens (tertiary/aromatic N) is 2. The van der Waals surface area contributed by atoms with E-state index in [-0.39, 0.29) is 11.9 Å². The molecule has 0 aliphatic carbocycles. The Kier molecular flexibility index (Phi) is 3.19. The first-order valence-corrected chi connectivity index (χ1v) is 6.10. The molecule has 2 aromatic rings. The average Bonchev–Trinajstić information content (AvgIpc) is 2.66. The Labute approximate surface area is 108 Å². The predicted octanol–water partition coefficient (Wildman–Crippen LogP) is 3.01. The SMILES string of the molecule is COC(=O)c1cccn2c(C(C)C)nc(Br)c12. The van der Waals surface area contributed by atoms with Crippen LogP contribution < -0.4 is 0 Å². The molecule has 17 heavy (non-hydrogen) atoms. The highest BCUT2D eigenvalue weighted by molar-refractivity contribution is 9.10. The molecule has 0 saturated carbocycles. The smallest absolute Gasteiger partial charge is 0.340 e. The predicted molar refractivity (Wildman–Crippen MR) is 68.3 cm³/mol. The van der Waals surface area contributed by atoms with Gasteiger partial charge in [0.15, 0.2) is 0 Å². The van der Waals surface area contributed by atoms with Gasteiger partial charge in [0.25, 0.3) is 0 Å². The van der Waals surface area contributed by atoms with E-state index in [0.29, 0.717) is 10.2 Å². The van der Waals surface area contributed by atoms with Gasteiger partial charge >= 0.3 is 5.97 Å². The van der Waals surface area contributed by atoms with Crippen molar-refractivity contribution in [3.05, 3.63) is 34.3 Å². The van der Waals surface area contributed by atoms with Crippen LogP contribution >= 0.6 is 15.9 Å². The Morgan fingerprint density at radius 2 is 2.24 bits per heavy atom. The average molecular weight is 297 g/mol. The Hall–Kier alpha value is -1.36. The van der Waals surface area contributed by atoms with Crippen LogP contribution in [0.1, 0.15) is 35.9 Å². The van der Waals surface area contributed by atoms with E-state index >= 15 is 0 Å². The normalized spacial score (nSPS) is 11.1. The fraction of sp³-hybridized carbons (Fsp3) is 0.333. The van der Waals surface area contributed by atoms with Crippen LogP contribution in [0.3, 0.4) is 0 Å². The van der Waals surface area contributed by atoms with E-state index in [1.807, 2.05) is 16.7 Å². The third-order valence-electron chi connectivity index (χ3n) is 2.57. The number of methoxy groups -OCH3 is 1. The van der Waals surface area contributed by atoms with Crippen molar-refractivity contribution in [2.24, 2.45) is 0 Å². The van der Waals surface area contributed by atoms with Gasteiger partial charge in [-0.15, -0.1) is 0 Å². The first-order valence-electron chi connectivity index (χ1n) is 5.31. The number of rotatable bonds is 2. The molecular formula is C12H13BrN2O2. The highest BCUT2D eigenvalue weighted by Crippen LogP contribution is 2.26. The zero-order valence-electron chi connectivity index (χ0n) is 9.90. The van der Waals surface area contributed by atoms with Crippen LogP contribution in [-0.2, 0) is 4.74 Å². The summed E-state index contributed by atoms with van der Waals surface area (Å²) in [7, 11) is 1.37. The van der Waals surface area contributed by atoms with Crippen LogP contribution in [0.4, 0.5) is 0 Å². The Bertz CT molecular complexity index is 575. The van der Waals surface area contributed by atoms with Crippen molar-refractivity contribution >= 4 is 27.4 Å². The van der Waals surface area contributed by atoms with Crippen LogP contribution in [0, 0.1) is 0 Å². The zero-order valence-corrected chi connectivity index (χ0v) is 11.5. The molecule has 0 unspecified atom stereocenters. The van der Waals surface area contributed by atoms with Gasteiger partial charge in [-0.1, -0.05) is 13.8 Å². The number of ether oxygens (including phenoxy) is 1. The summed E-state index contributed by atoms with van der Waals surface area (Å²) in [6.07, 6.45) is 1.90. The topological polar surface area (TPSA) is 43.6 Å². The fourth-order valence-corrected chi connectivity index (χ4v) is 2.39. The van der Waals surface area contributed by atoms with E-state index in [1.54, 1.807) is 6.07 Å². The summed E-state index contributed by atoms with van der Waals surface area (Å²) in [5, 5.41) is 0. The highest BCUT2D eigenvalue weighted by atomic mass is 79.9. The van der Waals surface area contributed by atoms with Gasteiger partial charge in [-0.25, -0.2) is 9.78 Å². The van der Waals surface area contributed by atoms with Gasteiger partial charge in [0, 0.05) is 12.1 Å². The minimum absolute atomic E-state index is 0.279. The van der Waals surface area contributed by atoms with Crippen molar-refractivity contribution in [2.45, 2.75) is 19.8 Å². The third kappa shape index (κ3) is 1.95. The Balaban J connectivity index is 2.77. The highest BCUT2D eigenvalue weighted by Gasteiger charge is 2.18. The van der Waals surface area contributed by atoms with Crippen LogP contribution in [0.5, 0.6) is 0 Å². The number of hydrogen-bond donors (Lipinski definition) is 0. The molecule has 0 atom stereocenters. The molecule has 0 amide bonds. The summed E-state index contributed by atoms with van der Waals surface area (Å²) in [6, 6.07) is 3.55. The molecule has 0 aliphatic rings. The molecule has 0 aromatic carbocycles. The monoisotopic (exact) mass is 296 g/mol. The quantitative estimate of drug-likeness (QED) is 0.800. The summed E-state index contributed by atoms with van der Waals surface area (Å²) >= 11 is 3.39. The van der Waals surface area contributed by atoms with E-state index in [1.165, 1.54) is 7.11 Å². The molecule has 0 N–H and O–H groups in total. The molecule has 0 spiro atoms. The van der Waals surface area contributed by atoms with E-state index < -0.39 is 0 Å². The van der Waals surface area contributed by atoms with Crippen LogP contribution in [0.15, 0.2) is 22.9 Å². The summed E-state index contributed by atoms with van der Waals surface area (Å²) in [4.78, 5) is 16.1. The van der Waals surface area contributed by atoms with Gasteiger partial charge in [-0.3, -0.25) is 0 Å². The molecule has 2 heterocycles. The number of carbonyl (C=O) groups excluding carboxylic acids is 1. The summed E-state index contributed by atoms with van der Waals surface area (Å²) in [6.45, 7) is 4.12. The lowest BCUT2D eigenvalue weighted by Crippen LogP contribution is -2.05. The number of pyridine rings is 1. The number of esters is 1. The minimum Gasteiger partial charge on any atom is -0.465 e. The summed E-state index contributed by atoms with van der Waals surface area (Å²) in [5.41, 5.74) is 1.27. The standard InChI is InChI=1S/C12H13BrN2O2/c1-7(2)11-14-10(13)9-8(12(16)17-3)5-4-6-15(9)11/h4-7H,1-3H3. The summed E-state index contributed by atoms with van der Waals surface area (Å²) in [5.74, 6) is 0.839. The second-order valence-electron chi connectivity index (χ2n) is 4.05. The van der Waals surface area contributed by atoms with Crippen molar-refractivity contribution in [2.75, 3.05) is 7.11 Å². The number of carbonyl (C=O) groups is 1. The van der Waals surface area contributed by atoms with Gasteiger partial charge < -0.3 is 9.14 Å². The molecule has 0 bridgehead atoms. The van der Waals surface area contributed by atoms with Crippen molar-refractivity contribution in [1.29, 1.82) is 0 Å². The first kappa shape index (κ1) is 12.1. The molecular weight excluding hydrogens is 284 g/mol. The molecule has 0 saturated heterocycles. The Morgan fingerprint density at radius 1 is 1.53 bits per heavy atom. The van der Waals surface area contributed by atoms with Gasteiger partial charge in [-0.2, -0.15) is 0 Å². The van der Waals surface area contributed by atoms with Gasteiger partial charge in [0.05, 0.1) is 18.2 Å². The van der Waals surface area contributed by atoms with E-state index in [4.69, 9.17) is 4.74 Å². The van der Waals surface area contributed by atoms with Crippen LogP contribution in [0.25, 0.3) is 5.52 Å². The number of fused-ring (bicyclic) bond motifs is 1. The van der Waals surface area contributed by atoms with E-state index in [0.717, 1.165) is 11.3 Å². The molecule has 5 heteroatoms.